The number of halogens is 1. The Labute approximate surface area is 115 Å². The molecule has 102 valence electrons. The van der Waals surface area contributed by atoms with E-state index in [1.807, 2.05) is 24.3 Å². The lowest BCUT2D eigenvalue weighted by atomic mass is 9.89. The lowest BCUT2D eigenvalue weighted by Gasteiger charge is -2.24. The molecule has 1 aromatic carbocycles. The number of hydrogen-bond donors (Lipinski definition) is 0. The molecule has 2 nitrogen and oxygen atoms in total. The lowest BCUT2D eigenvalue weighted by molar-refractivity contribution is 0.287. The minimum atomic E-state index is 0.154. The van der Waals surface area contributed by atoms with E-state index in [1.165, 1.54) is 0 Å². The quantitative estimate of drug-likeness (QED) is 0.559. The van der Waals surface area contributed by atoms with Crippen LogP contribution in [0.3, 0.4) is 0 Å². The van der Waals surface area contributed by atoms with Gasteiger partial charge in [0, 0.05) is 5.38 Å². The number of ether oxygens (including phenoxy) is 2. The highest BCUT2D eigenvalue weighted by atomic mass is 35.5. The van der Waals surface area contributed by atoms with E-state index < -0.39 is 0 Å². The van der Waals surface area contributed by atoms with E-state index >= 15 is 0 Å². The summed E-state index contributed by atoms with van der Waals surface area (Å²) in [5.41, 5.74) is 0.154. The molecule has 1 atom stereocenters. The highest BCUT2D eigenvalue weighted by Gasteiger charge is 2.21. The second-order valence-electron chi connectivity index (χ2n) is 5.50. The fraction of sp³-hybridized carbons (Fsp3) is 0.600. The molecular weight excluding hydrogens is 248 g/mol. The average Bonchev–Trinajstić information content (AvgIpc) is 2.34. The van der Waals surface area contributed by atoms with Crippen LogP contribution in [0.4, 0.5) is 0 Å². The summed E-state index contributed by atoms with van der Waals surface area (Å²) in [5, 5.41) is 0.192. The molecule has 1 aromatic rings. The summed E-state index contributed by atoms with van der Waals surface area (Å²) in [5.74, 6) is 1.72. The maximum atomic E-state index is 6.31. The largest absolute Gasteiger partial charge is 0.497 e. The van der Waals surface area contributed by atoms with Gasteiger partial charge in [-0.2, -0.15) is 0 Å². The smallest absolute Gasteiger partial charge is 0.119 e. The van der Waals surface area contributed by atoms with Crippen molar-refractivity contribution in [2.45, 2.75) is 39.0 Å². The molecule has 0 aliphatic heterocycles. The van der Waals surface area contributed by atoms with Crippen LogP contribution < -0.4 is 9.47 Å². The maximum absolute atomic E-state index is 6.31. The molecular formula is C15H23ClO2. The lowest BCUT2D eigenvalue weighted by Crippen LogP contribution is -2.21. The molecule has 18 heavy (non-hydrogen) atoms. The fourth-order valence-corrected chi connectivity index (χ4v) is 1.71. The van der Waals surface area contributed by atoms with Crippen LogP contribution in [-0.2, 0) is 0 Å². The molecule has 1 unspecified atom stereocenters. The third-order valence-electron chi connectivity index (χ3n) is 2.87. The maximum Gasteiger partial charge on any atom is 0.119 e. The van der Waals surface area contributed by atoms with E-state index in [4.69, 9.17) is 21.1 Å². The first-order valence-corrected chi connectivity index (χ1v) is 6.78. The third kappa shape index (κ3) is 5.18. The van der Waals surface area contributed by atoms with Crippen molar-refractivity contribution in [3.63, 3.8) is 0 Å². The summed E-state index contributed by atoms with van der Waals surface area (Å²) in [6, 6.07) is 7.63. The van der Waals surface area contributed by atoms with Gasteiger partial charge in [-0.25, -0.2) is 0 Å². The molecule has 0 aliphatic rings. The van der Waals surface area contributed by atoms with Gasteiger partial charge in [0.25, 0.3) is 0 Å². The summed E-state index contributed by atoms with van der Waals surface area (Å²) in [7, 11) is 1.66. The topological polar surface area (TPSA) is 18.5 Å². The second-order valence-corrected chi connectivity index (χ2v) is 6.03. The summed E-state index contributed by atoms with van der Waals surface area (Å²) in [4.78, 5) is 0. The molecule has 1 rings (SSSR count). The first kappa shape index (κ1) is 15.2. The van der Waals surface area contributed by atoms with E-state index in [1.54, 1.807) is 7.11 Å². The Balaban J connectivity index is 2.25. The van der Waals surface area contributed by atoms with Gasteiger partial charge >= 0.3 is 0 Å². The molecule has 0 heterocycles. The molecule has 0 saturated heterocycles. The molecule has 0 aliphatic carbocycles. The van der Waals surface area contributed by atoms with Crippen molar-refractivity contribution in [2.24, 2.45) is 5.41 Å². The molecule has 0 radical (unpaired) electrons. The van der Waals surface area contributed by atoms with Gasteiger partial charge < -0.3 is 9.47 Å². The summed E-state index contributed by atoms with van der Waals surface area (Å²) < 4.78 is 10.7. The van der Waals surface area contributed by atoms with Crippen molar-refractivity contribution in [3.8, 4) is 11.5 Å². The monoisotopic (exact) mass is 270 g/mol. The molecule has 0 fully saturated rings. The average molecular weight is 271 g/mol. The molecule has 0 aromatic heterocycles. The van der Waals surface area contributed by atoms with Crippen molar-refractivity contribution in [2.75, 3.05) is 13.7 Å². The predicted octanol–water partition coefficient (Wildman–Crippen LogP) is 4.51. The predicted molar refractivity (Wildman–Crippen MR) is 76.8 cm³/mol. The number of benzene rings is 1. The van der Waals surface area contributed by atoms with Gasteiger partial charge in [0.15, 0.2) is 0 Å². The number of rotatable bonds is 6. The van der Waals surface area contributed by atoms with Crippen LogP contribution in [0.1, 0.15) is 33.6 Å². The van der Waals surface area contributed by atoms with Gasteiger partial charge in [0.2, 0.25) is 0 Å². The molecule has 0 spiro atoms. The summed E-state index contributed by atoms with van der Waals surface area (Å²) in [6.45, 7) is 7.19. The van der Waals surface area contributed by atoms with E-state index in [2.05, 4.69) is 20.8 Å². The van der Waals surface area contributed by atoms with Crippen molar-refractivity contribution in [3.05, 3.63) is 24.3 Å². The molecule has 0 N–H and O–H groups in total. The Kier molecular flexibility index (Phi) is 5.80. The van der Waals surface area contributed by atoms with Gasteiger partial charge in [0.05, 0.1) is 13.7 Å². The number of methoxy groups -OCH3 is 1. The Hall–Kier alpha value is -0.890. The van der Waals surface area contributed by atoms with Crippen LogP contribution in [0.2, 0.25) is 0 Å². The van der Waals surface area contributed by atoms with Crippen LogP contribution in [-0.4, -0.2) is 19.1 Å². The van der Waals surface area contributed by atoms with Crippen molar-refractivity contribution in [1.29, 1.82) is 0 Å². The zero-order valence-corrected chi connectivity index (χ0v) is 12.5. The first-order valence-electron chi connectivity index (χ1n) is 6.34. The molecule has 0 bridgehead atoms. The Morgan fingerprint density at radius 2 is 1.67 bits per heavy atom. The molecule has 0 saturated carbocycles. The number of hydrogen-bond acceptors (Lipinski definition) is 2. The standard InChI is InChI=1S/C15H23ClO2/c1-15(2,3)14(16)6-5-11-18-13-9-7-12(17-4)8-10-13/h7-10,14H,5-6,11H2,1-4H3. The van der Waals surface area contributed by atoms with Gasteiger partial charge in [-0.1, -0.05) is 20.8 Å². The Morgan fingerprint density at radius 1 is 1.11 bits per heavy atom. The van der Waals surface area contributed by atoms with Crippen LogP contribution in [0.25, 0.3) is 0 Å². The minimum absolute atomic E-state index is 0.154. The number of alkyl halides is 1. The normalized spacial score (nSPS) is 13.2. The SMILES string of the molecule is COc1ccc(OCCCC(Cl)C(C)(C)C)cc1. The van der Waals surface area contributed by atoms with Crippen LogP contribution in [0.5, 0.6) is 11.5 Å². The van der Waals surface area contributed by atoms with Gasteiger partial charge in [-0.15, -0.1) is 11.6 Å². The Bertz CT molecular complexity index is 341. The van der Waals surface area contributed by atoms with E-state index in [-0.39, 0.29) is 10.8 Å². The van der Waals surface area contributed by atoms with Gasteiger partial charge in [-0.3, -0.25) is 0 Å². The van der Waals surface area contributed by atoms with Crippen molar-refractivity contribution < 1.29 is 9.47 Å². The second kappa shape index (κ2) is 6.89. The summed E-state index contributed by atoms with van der Waals surface area (Å²) >= 11 is 6.31. The van der Waals surface area contributed by atoms with Crippen LogP contribution >= 0.6 is 11.6 Å². The van der Waals surface area contributed by atoms with Crippen molar-refractivity contribution in [1.82, 2.24) is 0 Å². The fourth-order valence-electron chi connectivity index (χ4n) is 1.56. The highest BCUT2D eigenvalue weighted by Crippen LogP contribution is 2.28. The highest BCUT2D eigenvalue weighted by molar-refractivity contribution is 6.21. The minimum Gasteiger partial charge on any atom is -0.497 e. The summed E-state index contributed by atoms with van der Waals surface area (Å²) in [6.07, 6.45) is 1.94. The van der Waals surface area contributed by atoms with Crippen LogP contribution in [0, 0.1) is 5.41 Å². The molecule has 3 heteroatoms. The van der Waals surface area contributed by atoms with Gasteiger partial charge in [0.1, 0.15) is 11.5 Å². The van der Waals surface area contributed by atoms with Crippen LogP contribution in [0.15, 0.2) is 24.3 Å². The Morgan fingerprint density at radius 3 is 2.17 bits per heavy atom. The zero-order valence-electron chi connectivity index (χ0n) is 11.7. The van der Waals surface area contributed by atoms with E-state index in [0.29, 0.717) is 6.61 Å². The van der Waals surface area contributed by atoms with E-state index in [9.17, 15) is 0 Å². The van der Waals surface area contributed by atoms with E-state index in [0.717, 1.165) is 24.3 Å². The van der Waals surface area contributed by atoms with Crippen molar-refractivity contribution >= 4 is 11.6 Å². The first-order chi connectivity index (χ1) is 8.43. The molecule has 0 amide bonds. The van der Waals surface area contributed by atoms with Gasteiger partial charge in [-0.05, 0) is 42.5 Å². The zero-order chi connectivity index (χ0) is 13.6. The third-order valence-corrected chi connectivity index (χ3v) is 3.74.